The van der Waals surface area contributed by atoms with Crippen molar-refractivity contribution in [1.29, 1.82) is 0 Å². The van der Waals surface area contributed by atoms with Crippen molar-refractivity contribution in [3.05, 3.63) is 35.4 Å². The van der Waals surface area contributed by atoms with Crippen LogP contribution in [-0.4, -0.2) is 29.3 Å². The molecule has 0 saturated heterocycles. The molecule has 0 amide bonds. The van der Waals surface area contributed by atoms with Gasteiger partial charge in [0, 0.05) is 6.42 Å². The summed E-state index contributed by atoms with van der Waals surface area (Å²) in [6.45, 7) is 3.77. The number of aliphatic hydroxyl groups excluding tert-OH is 1. The molecule has 0 aromatic heterocycles. The van der Waals surface area contributed by atoms with Crippen molar-refractivity contribution in [2.75, 3.05) is 13.1 Å². The predicted molar refractivity (Wildman–Crippen MR) is 84.4 cm³/mol. The topological polar surface area (TPSA) is 69.6 Å². The summed E-state index contributed by atoms with van der Waals surface area (Å²) in [4.78, 5) is 10.3. The fraction of sp³-hybridized carbons (Fsp3) is 0.588. The Morgan fingerprint density at radius 2 is 1.86 bits per heavy atom. The molecular formula is C17H27NO3. The van der Waals surface area contributed by atoms with E-state index in [1.807, 2.05) is 12.1 Å². The molecule has 1 atom stereocenters. The molecule has 1 aromatic carbocycles. The van der Waals surface area contributed by atoms with E-state index in [-0.39, 0.29) is 6.42 Å². The molecule has 0 aliphatic rings. The number of nitrogens with one attached hydrogen (secondary N) is 1. The molecule has 0 bridgehead atoms. The zero-order valence-corrected chi connectivity index (χ0v) is 12.8. The molecule has 1 unspecified atom stereocenters. The molecule has 118 valence electrons. The van der Waals surface area contributed by atoms with Gasteiger partial charge in [0.1, 0.15) is 0 Å². The molecule has 0 fully saturated rings. The van der Waals surface area contributed by atoms with E-state index in [0.717, 1.165) is 44.3 Å². The van der Waals surface area contributed by atoms with Crippen LogP contribution in [0.4, 0.5) is 0 Å². The molecule has 0 saturated carbocycles. The number of rotatable bonds is 11. The maximum atomic E-state index is 10.3. The molecule has 0 aliphatic heterocycles. The molecule has 0 radical (unpaired) electrons. The summed E-state index contributed by atoms with van der Waals surface area (Å²) in [7, 11) is 0. The molecule has 0 heterocycles. The first kappa shape index (κ1) is 17.7. The van der Waals surface area contributed by atoms with E-state index < -0.39 is 12.1 Å². The standard InChI is InChI=1S/C17H27NO3/c1-2-14-7-9-15(10-8-14)16(19)11-13-18-12-5-3-4-6-17(20)21/h7-10,16,18-19H,2-6,11-13H2,1H3,(H,20,21). The van der Waals surface area contributed by atoms with Crippen LogP contribution < -0.4 is 5.32 Å². The van der Waals surface area contributed by atoms with Crippen LogP contribution in [0.1, 0.15) is 56.3 Å². The van der Waals surface area contributed by atoms with Crippen molar-refractivity contribution in [2.24, 2.45) is 0 Å². The largest absolute Gasteiger partial charge is 0.481 e. The van der Waals surface area contributed by atoms with Gasteiger partial charge in [-0.3, -0.25) is 4.79 Å². The van der Waals surface area contributed by atoms with Crippen LogP contribution in [0, 0.1) is 0 Å². The molecule has 1 rings (SSSR count). The molecule has 1 aromatic rings. The van der Waals surface area contributed by atoms with Gasteiger partial charge in [0.2, 0.25) is 0 Å². The van der Waals surface area contributed by atoms with Gasteiger partial charge in [-0.15, -0.1) is 0 Å². The number of carboxylic acids is 1. The van der Waals surface area contributed by atoms with Gasteiger partial charge in [-0.25, -0.2) is 0 Å². The lowest BCUT2D eigenvalue weighted by atomic mass is 10.0. The Morgan fingerprint density at radius 1 is 1.14 bits per heavy atom. The van der Waals surface area contributed by atoms with Gasteiger partial charge in [0.15, 0.2) is 0 Å². The normalized spacial score (nSPS) is 12.3. The average molecular weight is 293 g/mol. The van der Waals surface area contributed by atoms with Gasteiger partial charge in [0.25, 0.3) is 0 Å². The van der Waals surface area contributed by atoms with Gasteiger partial charge in [-0.1, -0.05) is 37.6 Å². The van der Waals surface area contributed by atoms with E-state index in [9.17, 15) is 9.90 Å². The lowest BCUT2D eigenvalue weighted by Crippen LogP contribution is -2.19. The maximum absolute atomic E-state index is 10.3. The highest BCUT2D eigenvalue weighted by Crippen LogP contribution is 2.16. The second-order valence-electron chi connectivity index (χ2n) is 5.35. The fourth-order valence-corrected chi connectivity index (χ4v) is 2.21. The van der Waals surface area contributed by atoms with Crippen molar-refractivity contribution in [3.63, 3.8) is 0 Å². The summed E-state index contributed by atoms with van der Waals surface area (Å²) in [5.74, 6) is -0.722. The van der Waals surface area contributed by atoms with E-state index in [1.54, 1.807) is 0 Å². The van der Waals surface area contributed by atoms with Crippen molar-refractivity contribution >= 4 is 5.97 Å². The molecule has 4 nitrogen and oxygen atoms in total. The second kappa shape index (κ2) is 10.4. The SMILES string of the molecule is CCc1ccc(C(O)CCNCCCCCC(=O)O)cc1. The van der Waals surface area contributed by atoms with E-state index in [0.29, 0.717) is 6.42 Å². The van der Waals surface area contributed by atoms with E-state index >= 15 is 0 Å². The molecule has 0 aliphatic carbocycles. The summed E-state index contributed by atoms with van der Waals surface area (Å²) in [5, 5.41) is 21.9. The summed E-state index contributed by atoms with van der Waals surface area (Å²) in [6.07, 6.45) is 4.20. The Bertz CT molecular complexity index is 403. The number of carboxylic acid groups (broad SMARTS) is 1. The van der Waals surface area contributed by atoms with Crippen molar-refractivity contribution in [1.82, 2.24) is 5.32 Å². The van der Waals surface area contributed by atoms with Crippen LogP contribution in [0.2, 0.25) is 0 Å². The van der Waals surface area contributed by atoms with Crippen molar-refractivity contribution in [2.45, 2.75) is 51.6 Å². The van der Waals surface area contributed by atoms with Gasteiger partial charge < -0.3 is 15.5 Å². The maximum Gasteiger partial charge on any atom is 0.303 e. The summed E-state index contributed by atoms with van der Waals surface area (Å²) < 4.78 is 0. The van der Waals surface area contributed by atoms with Gasteiger partial charge in [0.05, 0.1) is 6.10 Å². The van der Waals surface area contributed by atoms with Gasteiger partial charge >= 0.3 is 5.97 Å². The Labute approximate surface area is 127 Å². The minimum atomic E-state index is -0.722. The number of hydrogen-bond acceptors (Lipinski definition) is 3. The number of aliphatic carboxylic acids is 1. The molecule has 3 N–H and O–H groups in total. The van der Waals surface area contributed by atoms with E-state index in [2.05, 4.69) is 24.4 Å². The van der Waals surface area contributed by atoms with E-state index in [1.165, 1.54) is 5.56 Å². The third-order valence-electron chi connectivity index (χ3n) is 3.61. The highest BCUT2D eigenvalue weighted by Gasteiger charge is 2.06. The Hall–Kier alpha value is -1.39. The smallest absolute Gasteiger partial charge is 0.303 e. The average Bonchev–Trinajstić information content (AvgIpc) is 2.49. The Balaban J connectivity index is 2.07. The van der Waals surface area contributed by atoms with E-state index in [4.69, 9.17) is 5.11 Å². The minimum absolute atomic E-state index is 0.256. The quantitative estimate of drug-likeness (QED) is 0.549. The third kappa shape index (κ3) is 7.83. The van der Waals surface area contributed by atoms with Crippen molar-refractivity contribution < 1.29 is 15.0 Å². The first-order valence-corrected chi connectivity index (χ1v) is 7.83. The van der Waals surface area contributed by atoms with Crippen molar-refractivity contribution in [3.8, 4) is 0 Å². The number of aliphatic hydroxyl groups is 1. The van der Waals surface area contributed by atoms with Gasteiger partial charge in [-0.2, -0.15) is 0 Å². The molecule has 0 spiro atoms. The summed E-state index contributed by atoms with van der Waals surface area (Å²) in [6, 6.07) is 8.12. The number of unbranched alkanes of at least 4 members (excludes halogenated alkanes) is 2. The Morgan fingerprint density at radius 3 is 2.48 bits per heavy atom. The number of aryl methyl sites for hydroxylation is 1. The van der Waals surface area contributed by atoms with Crippen LogP contribution in [-0.2, 0) is 11.2 Å². The molecule has 21 heavy (non-hydrogen) atoms. The monoisotopic (exact) mass is 293 g/mol. The van der Waals surface area contributed by atoms with Crippen LogP contribution in [0.3, 0.4) is 0 Å². The summed E-state index contributed by atoms with van der Waals surface area (Å²) in [5.41, 5.74) is 2.25. The lowest BCUT2D eigenvalue weighted by molar-refractivity contribution is -0.137. The second-order valence-corrected chi connectivity index (χ2v) is 5.35. The summed E-state index contributed by atoms with van der Waals surface area (Å²) >= 11 is 0. The van der Waals surface area contributed by atoms with Gasteiger partial charge in [-0.05, 0) is 49.9 Å². The Kier molecular flexibility index (Phi) is 8.71. The molecular weight excluding hydrogens is 266 g/mol. The first-order chi connectivity index (χ1) is 10.1. The van der Waals surface area contributed by atoms with Crippen LogP contribution in [0.25, 0.3) is 0 Å². The minimum Gasteiger partial charge on any atom is -0.481 e. The molecule has 4 heteroatoms. The fourth-order valence-electron chi connectivity index (χ4n) is 2.21. The number of hydrogen-bond donors (Lipinski definition) is 3. The van der Waals surface area contributed by atoms with Crippen LogP contribution in [0.5, 0.6) is 0 Å². The lowest BCUT2D eigenvalue weighted by Gasteiger charge is -2.12. The van der Waals surface area contributed by atoms with Crippen LogP contribution >= 0.6 is 0 Å². The third-order valence-corrected chi connectivity index (χ3v) is 3.61. The highest BCUT2D eigenvalue weighted by atomic mass is 16.4. The first-order valence-electron chi connectivity index (χ1n) is 7.83. The number of benzene rings is 1. The highest BCUT2D eigenvalue weighted by molar-refractivity contribution is 5.66. The predicted octanol–water partition coefficient (Wildman–Crippen LogP) is 2.91. The number of carbonyl (C=O) groups is 1. The zero-order chi connectivity index (χ0) is 15.5. The van der Waals surface area contributed by atoms with Crippen LogP contribution in [0.15, 0.2) is 24.3 Å². The zero-order valence-electron chi connectivity index (χ0n) is 12.8.